The maximum Gasteiger partial charge on any atom is 0.573 e. The monoisotopic (exact) mass is 305 g/mol. The summed E-state index contributed by atoms with van der Waals surface area (Å²) in [6.07, 6.45) is -3.08. The highest BCUT2D eigenvalue weighted by Crippen LogP contribution is 2.30. The lowest BCUT2D eigenvalue weighted by molar-refractivity contribution is -0.274. The third-order valence-corrected chi connectivity index (χ3v) is 2.65. The molecule has 5 nitrogen and oxygen atoms in total. The SMILES string of the molecule is Nc1c(C=O)cnn1-c1ccc(OC(F)(F)F)cc1Cl. The van der Waals surface area contributed by atoms with Crippen molar-refractivity contribution in [1.82, 2.24) is 9.78 Å². The van der Waals surface area contributed by atoms with Gasteiger partial charge >= 0.3 is 6.36 Å². The van der Waals surface area contributed by atoms with Crippen molar-refractivity contribution in [1.29, 1.82) is 0 Å². The van der Waals surface area contributed by atoms with E-state index >= 15 is 0 Å². The van der Waals surface area contributed by atoms with Crippen LogP contribution < -0.4 is 10.5 Å². The van der Waals surface area contributed by atoms with Crippen LogP contribution in [0.2, 0.25) is 5.02 Å². The Balaban J connectivity index is 2.39. The van der Waals surface area contributed by atoms with E-state index in [9.17, 15) is 18.0 Å². The summed E-state index contributed by atoms with van der Waals surface area (Å²) < 4.78 is 41.1. The first-order valence-electron chi connectivity index (χ1n) is 5.16. The van der Waals surface area contributed by atoms with Crippen molar-refractivity contribution in [3.05, 3.63) is 35.0 Å². The van der Waals surface area contributed by atoms with Gasteiger partial charge in [-0.15, -0.1) is 13.2 Å². The van der Waals surface area contributed by atoms with Gasteiger partial charge in [0.2, 0.25) is 0 Å². The number of ether oxygens (including phenoxy) is 1. The molecule has 0 saturated carbocycles. The molecule has 0 amide bonds. The fourth-order valence-corrected chi connectivity index (χ4v) is 1.76. The highest BCUT2D eigenvalue weighted by atomic mass is 35.5. The topological polar surface area (TPSA) is 70.1 Å². The Bertz CT molecular complexity index is 655. The van der Waals surface area contributed by atoms with Crippen molar-refractivity contribution in [2.45, 2.75) is 6.36 Å². The first kappa shape index (κ1) is 14.2. The van der Waals surface area contributed by atoms with Crippen LogP contribution >= 0.6 is 11.6 Å². The smallest absolute Gasteiger partial charge is 0.406 e. The van der Waals surface area contributed by atoms with E-state index in [0.717, 1.165) is 16.8 Å². The number of hydrogen-bond acceptors (Lipinski definition) is 4. The van der Waals surface area contributed by atoms with Gasteiger partial charge in [-0.05, 0) is 12.1 Å². The summed E-state index contributed by atoms with van der Waals surface area (Å²) >= 11 is 5.87. The highest BCUT2D eigenvalue weighted by molar-refractivity contribution is 6.32. The normalized spacial score (nSPS) is 11.4. The molecule has 1 heterocycles. The van der Waals surface area contributed by atoms with E-state index in [1.807, 2.05) is 0 Å². The molecule has 0 aliphatic rings. The van der Waals surface area contributed by atoms with Crippen molar-refractivity contribution in [2.75, 3.05) is 5.73 Å². The molecule has 2 rings (SSSR count). The van der Waals surface area contributed by atoms with Crippen molar-refractivity contribution in [3.63, 3.8) is 0 Å². The Labute approximate surface area is 115 Å². The molecule has 0 unspecified atom stereocenters. The van der Waals surface area contributed by atoms with Gasteiger partial charge in [0.15, 0.2) is 6.29 Å². The number of aldehydes is 1. The number of rotatable bonds is 3. The van der Waals surface area contributed by atoms with Crippen LogP contribution in [0.4, 0.5) is 19.0 Å². The molecule has 0 saturated heterocycles. The van der Waals surface area contributed by atoms with Gasteiger partial charge in [-0.2, -0.15) is 5.10 Å². The number of anilines is 1. The van der Waals surface area contributed by atoms with Crippen LogP contribution in [0.3, 0.4) is 0 Å². The molecule has 0 aliphatic carbocycles. The lowest BCUT2D eigenvalue weighted by Gasteiger charge is -2.11. The Morgan fingerprint density at radius 1 is 1.40 bits per heavy atom. The van der Waals surface area contributed by atoms with Gasteiger partial charge < -0.3 is 10.5 Å². The standard InChI is InChI=1S/C11H7ClF3N3O2/c12-8-3-7(20-11(13,14)15)1-2-9(8)18-10(16)6(5-19)4-17-18/h1-5H,16H2. The molecule has 0 aliphatic heterocycles. The zero-order chi connectivity index (χ0) is 14.9. The maximum atomic E-state index is 12.1. The summed E-state index contributed by atoms with van der Waals surface area (Å²) in [4.78, 5) is 10.7. The number of halogens is 4. The molecule has 0 spiro atoms. The van der Waals surface area contributed by atoms with E-state index in [1.165, 1.54) is 12.3 Å². The van der Waals surface area contributed by atoms with Crippen LogP contribution in [0.15, 0.2) is 24.4 Å². The summed E-state index contributed by atoms with van der Waals surface area (Å²) in [6, 6.07) is 3.30. The number of nitrogen functional groups attached to an aromatic ring is 1. The third-order valence-electron chi connectivity index (χ3n) is 2.34. The molecular formula is C11H7ClF3N3O2. The Morgan fingerprint density at radius 2 is 2.10 bits per heavy atom. The summed E-state index contributed by atoms with van der Waals surface area (Å²) in [5.41, 5.74) is 6.03. The molecular weight excluding hydrogens is 299 g/mol. The van der Waals surface area contributed by atoms with Gasteiger partial charge in [0.05, 0.1) is 22.5 Å². The van der Waals surface area contributed by atoms with Crippen LogP contribution in [0.25, 0.3) is 5.69 Å². The van der Waals surface area contributed by atoms with E-state index in [-0.39, 0.29) is 22.1 Å². The first-order chi connectivity index (χ1) is 9.31. The van der Waals surface area contributed by atoms with E-state index in [2.05, 4.69) is 9.84 Å². The fraction of sp³-hybridized carbons (Fsp3) is 0.0909. The fourth-order valence-electron chi connectivity index (χ4n) is 1.51. The summed E-state index contributed by atoms with van der Waals surface area (Å²) in [5.74, 6) is -0.432. The largest absolute Gasteiger partial charge is 0.573 e. The number of carbonyl (C=O) groups excluding carboxylic acids is 1. The zero-order valence-electron chi connectivity index (χ0n) is 9.69. The molecule has 106 valence electrons. The molecule has 0 radical (unpaired) electrons. The molecule has 1 aromatic carbocycles. The van der Waals surface area contributed by atoms with E-state index < -0.39 is 12.1 Å². The predicted molar refractivity (Wildman–Crippen MR) is 65.1 cm³/mol. The van der Waals surface area contributed by atoms with E-state index in [0.29, 0.717) is 6.29 Å². The van der Waals surface area contributed by atoms with Crippen molar-refractivity contribution in [2.24, 2.45) is 0 Å². The number of nitrogens with zero attached hydrogens (tertiary/aromatic N) is 2. The Hall–Kier alpha value is -2.22. The highest BCUT2D eigenvalue weighted by Gasteiger charge is 2.31. The second-order valence-corrected chi connectivity index (χ2v) is 4.08. The van der Waals surface area contributed by atoms with E-state index in [1.54, 1.807) is 0 Å². The van der Waals surface area contributed by atoms with Crippen molar-refractivity contribution < 1.29 is 22.7 Å². The molecule has 2 aromatic rings. The van der Waals surface area contributed by atoms with Crippen LogP contribution in [-0.2, 0) is 0 Å². The number of aromatic nitrogens is 2. The van der Waals surface area contributed by atoms with Gasteiger partial charge in [-0.1, -0.05) is 11.6 Å². The number of nitrogens with two attached hydrogens (primary N) is 1. The second kappa shape index (κ2) is 5.04. The lowest BCUT2D eigenvalue weighted by Crippen LogP contribution is -2.17. The second-order valence-electron chi connectivity index (χ2n) is 3.68. The number of carbonyl (C=O) groups is 1. The van der Waals surface area contributed by atoms with E-state index in [4.69, 9.17) is 17.3 Å². The lowest BCUT2D eigenvalue weighted by atomic mass is 10.3. The van der Waals surface area contributed by atoms with Crippen LogP contribution in [0.1, 0.15) is 10.4 Å². The summed E-state index contributed by atoms with van der Waals surface area (Å²) in [6.45, 7) is 0. The molecule has 0 fully saturated rings. The molecule has 0 bridgehead atoms. The van der Waals surface area contributed by atoms with Crippen LogP contribution in [-0.4, -0.2) is 22.4 Å². The molecule has 20 heavy (non-hydrogen) atoms. The molecule has 2 N–H and O–H groups in total. The predicted octanol–water partition coefficient (Wildman–Crippen LogP) is 2.82. The van der Waals surface area contributed by atoms with Crippen molar-refractivity contribution in [3.8, 4) is 11.4 Å². The Kier molecular flexibility index (Phi) is 3.58. The summed E-state index contributed by atoms with van der Waals surface area (Å²) in [7, 11) is 0. The number of alkyl halides is 3. The molecule has 0 atom stereocenters. The Morgan fingerprint density at radius 3 is 2.60 bits per heavy atom. The van der Waals surface area contributed by atoms with Gasteiger partial charge in [0, 0.05) is 6.07 Å². The number of benzene rings is 1. The minimum atomic E-state index is -4.81. The zero-order valence-corrected chi connectivity index (χ0v) is 10.4. The number of hydrogen-bond donors (Lipinski definition) is 1. The third kappa shape index (κ3) is 2.85. The average molecular weight is 306 g/mol. The van der Waals surface area contributed by atoms with Gasteiger partial charge in [0.1, 0.15) is 11.6 Å². The first-order valence-corrected chi connectivity index (χ1v) is 5.54. The quantitative estimate of drug-likeness (QED) is 0.885. The van der Waals surface area contributed by atoms with Crippen LogP contribution in [0, 0.1) is 0 Å². The minimum absolute atomic E-state index is 0.0337. The molecule has 9 heteroatoms. The summed E-state index contributed by atoms with van der Waals surface area (Å²) in [5, 5.41) is 3.78. The van der Waals surface area contributed by atoms with Gasteiger partial charge in [0.25, 0.3) is 0 Å². The van der Waals surface area contributed by atoms with Gasteiger partial charge in [-0.3, -0.25) is 4.79 Å². The maximum absolute atomic E-state index is 12.1. The van der Waals surface area contributed by atoms with Crippen molar-refractivity contribution >= 4 is 23.7 Å². The molecule has 1 aromatic heterocycles. The van der Waals surface area contributed by atoms with Crippen LogP contribution in [0.5, 0.6) is 5.75 Å². The minimum Gasteiger partial charge on any atom is -0.406 e. The van der Waals surface area contributed by atoms with Gasteiger partial charge in [-0.25, -0.2) is 4.68 Å². The average Bonchev–Trinajstić information content (AvgIpc) is 2.69.